The van der Waals surface area contributed by atoms with Gasteiger partial charge in [0, 0.05) is 41.0 Å². The first-order chi connectivity index (χ1) is 11.5. The van der Waals surface area contributed by atoms with Crippen molar-refractivity contribution in [2.45, 2.75) is 31.7 Å². The predicted octanol–water partition coefficient (Wildman–Crippen LogP) is 2.96. The van der Waals surface area contributed by atoms with Crippen LogP contribution < -0.4 is 11.5 Å². The third-order valence-corrected chi connectivity index (χ3v) is 5.06. The van der Waals surface area contributed by atoms with Gasteiger partial charge in [0.2, 0.25) is 0 Å². The van der Waals surface area contributed by atoms with E-state index in [1.54, 1.807) is 18.2 Å². The number of likely N-dealkylation sites (N-methyl/N-ethyl adjacent to an activating group) is 1. The average molecular weight is 326 g/mol. The molecule has 24 heavy (non-hydrogen) atoms. The highest BCUT2D eigenvalue weighted by Gasteiger charge is 2.25. The molecule has 128 valence electrons. The number of nitrogens with one attached hydrogen (secondary N) is 1. The number of nitrogens with two attached hydrogens (primary N) is 2. The van der Waals surface area contributed by atoms with Gasteiger partial charge >= 0.3 is 0 Å². The Kier molecular flexibility index (Phi) is 4.53. The first kappa shape index (κ1) is 16.5. The minimum atomic E-state index is 0.170. The molecular formula is C19H26N4O. The SMILES string of the molecule is C[C@@H]1CCC(c2cc(/C=C(\N)c3ccccc3O)c(N)[nH]2)CN1C. The maximum absolute atomic E-state index is 9.93. The summed E-state index contributed by atoms with van der Waals surface area (Å²) in [6.45, 7) is 3.29. The van der Waals surface area contributed by atoms with Crippen molar-refractivity contribution in [3.63, 3.8) is 0 Å². The molecule has 1 aliphatic heterocycles. The molecule has 1 aromatic carbocycles. The number of anilines is 1. The normalized spacial score (nSPS) is 22.7. The Hall–Kier alpha value is -2.40. The molecule has 0 amide bonds. The molecule has 0 bridgehead atoms. The molecule has 1 aliphatic rings. The number of piperidine rings is 1. The van der Waals surface area contributed by atoms with Gasteiger partial charge in [-0.15, -0.1) is 0 Å². The number of likely N-dealkylation sites (tertiary alicyclic amines) is 1. The van der Waals surface area contributed by atoms with Gasteiger partial charge in [0.15, 0.2) is 0 Å². The van der Waals surface area contributed by atoms with Crippen LogP contribution in [0.3, 0.4) is 0 Å². The molecule has 2 atom stereocenters. The number of aromatic amines is 1. The second-order valence-corrected chi connectivity index (χ2v) is 6.77. The summed E-state index contributed by atoms with van der Waals surface area (Å²) in [7, 11) is 2.17. The summed E-state index contributed by atoms with van der Waals surface area (Å²) >= 11 is 0. The van der Waals surface area contributed by atoms with Crippen molar-refractivity contribution in [3.8, 4) is 5.75 Å². The summed E-state index contributed by atoms with van der Waals surface area (Å²) in [4.78, 5) is 5.70. The Labute approximate surface area is 143 Å². The zero-order valence-corrected chi connectivity index (χ0v) is 14.3. The summed E-state index contributed by atoms with van der Waals surface area (Å²) in [6.07, 6.45) is 4.16. The van der Waals surface area contributed by atoms with Crippen molar-refractivity contribution in [3.05, 3.63) is 47.2 Å². The van der Waals surface area contributed by atoms with Crippen LogP contribution in [0.25, 0.3) is 11.8 Å². The standard InChI is InChI=1S/C19H26N4O/c1-12-7-8-13(11-23(12)2)17-10-14(19(21)22-17)9-16(20)15-5-3-4-6-18(15)24/h3-6,9-10,12-13,22,24H,7-8,11,20-21H2,1-2H3/b16-9-/t12-,13?/m1/s1. The third-order valence-electron chi connectivity index (χ3n) is 5.06. The number of aromatic nitrogens is 1. The number of para-hydroxylation sites is 1. The van der Waals surface area contributed by atoms with Crippen LogP contribution in [0.5, 0.6) is 5.75 Å². The summed E-state index contributed by atoms with van der Waals surface area (Å²) in [6, 6.07) is 9.75. The van der Waals surface area contributed by atoms with E-state index in [-0.39, 0.29) is 5.75 Å². The van der Waals surface area contributed by atoms with Gasteiger partial charge < -0.3 is 26.5 Å². The van der Waals surface area contributed by atoms with Crippen LogP contribution in [0.2, 0.25) is 0 Å². The molecule has 1 fully saturated rings. The van der Waals surface area contributed by atoms with Crippen LogP contribution in [0.4, 0.5) is 5.82 Å². The third kappa shape index (κ3) is 3.26. The van der Waals surface area contributed by atoms with Gasteiger partial charge in [-0.3, -0.25) is 0 Å². The van der Waals surface area contributed by atoms with Crippen molar-refractivity contribution in [2.75, 3.05) is 19.3 Å². The molecule has 1 saturated heterocycles. The second kappa shape index (κ2) is 6.61. The monoisotopic (exact) mass is 326 g/mol. The van der Waals surface area contributed by atoms with E-state index in [1.165, 1.54) is 6.42 Å². The lowest BCUT2D eigenvalue weighted by Gasteiger charge is -2.34. The van der Waals surface area contributed by atoms with Gasteiger partial charge in [0.1, 0.15) is 11.6 Å². The average Bonchev–Trinajstić information content (AvgIpc) is 2.91. The van der Waals surface area contributed by atoms with E-state index in [9.17, 15) is 5.11 Å². The summed E-state index contributed by atoms with van der Waals surface area (Å²) in [5.41, 5.74) is 15.4. The lowest BCUT2D eigenvalue weighted by Crippen LogP contribution is -2.37. The van der Waals surface area contributed by atoms with Gasteiger partial charge in [-0.05, 0) is 51.1 Å². The van der Waals surface area contributed by atoms with Crippen molar-refractivity contribution >= 4 is 17.6 Å². The summed E-state index contributed by atoms with van der Waals surface area (Å²) < 4.78 is 0. The highest BCUT2D eigenvalue weighted by Crippen LogP contribution is 2.32. The van der Waals surface area contributed by atoms with Crippen molar-refractivity contribution < 1.29 is 5.11 Å². The maximum atomic E-state index is 9.93. The second-order valence-electron chi connectivity index (χ2n) is 6.77. The molecule has 0 spiro atoms. The Morgan fingerprint density at radius 3 is 2.79 bits per heavy atom. The molecule has 1 aromatic heterocycles. The molecular weight excluding hydrogens is 300 g/mol. The Morgan fingerprint density at radius 1 is 1.33 bits per heavy atom. The van der Waals surface area contributed by atoms with E-state index in [0.717, 1.165) is 24.2 Å². The number of hydrogen-bond donors (Lipinski definition) is 4. The molecule has 3 rings (SSSR count). The van der Waals surface area contributed by atoms with Crippen LogP contribution in [0.1, 0.15) is 42.5 Å². The van der Waals surface area contributed by atoms with Crippen molar-refractivity contribution in [1.82, 2.24) is 9.88 Å². The van der Waals surface area contributed by atoms with E-state index in [1.807, 2.05) is 12.1 Å². The van der Waals surface area contributed by atoms with E-state index < -0.39 is 0 Å². The predicted molar refractivity (Wildman–Crippen MR) is 99.4 cm³/mol. The molecule has 6 N–H and O–H groups in total. The fourth-order valence-electron chi connectivity index (χ4n) is 3.35. The Morgan fingerprint density at radius 2 is 2.08 bits per heavy atom. The van der Waals surface area contributed by atoms with Crippen molar-refractivity contribution in [2.24, 2.45) is 5.73 Å². The quantitative estimate of drug-likeness (QED) is 0.698. The van der Waals surface area contributed by atoms with Gasteiger partial charge in [0.25, 0.3) is 0 Å². The van der Waals surface area contributed by atoms with Crippen LogP contribution in [0, 0.1) is 0 Å². The highest BCUT2D eigenvalue weighted by molar-refractivity contribution is 5.84. The molecule has 5 heteroatoms. The number of phenols is 1. The lowest BCUT2D eigenvalue weighted by molar-refractivity contribution is 0.179. The van der Waals surface area contributed by atoms with Gasteiger partial charge in [0.05, 0.1) is 0 Å². The first-order valence-electron chi connectivity index (χ1n) is 8.40. The molecule has 2 aromatic rings. The number of H-pyrrole nitrogens is 1. The lowest BCUT2D eigenvalue weighted by atomic mass is 9.91. The molecule has 0 saturated carbocycles. The number of rotatable bonds is 3. The summed E-state index contributed by atoms with van der Waals surface area (Å²) in [5, 5.41) is 9.93. The minimum Gasteiger partial charge on any atom is -0.507 e. The molecule has 0 radical (unpaired) electrons. The molecule has 5 nitrogen and oxygen atoms in total. The van der Waals surface area contributed by atoms with Gasteiger partial charge in [-0.1, -0.05) is 12.1 Å². The minimum absolute atomic E-state index is 0.170. The fraction of sp³-hybridized carbons (Fsp3) is 0.368. The Balaban J connectivity index is 1.84. The zero-order valence-electron chi connectivity index (χ0n) is 14.3. The number of nitrogens with zero attached hydrogens (tertiary/aromatic N) is 1. The topological polar surface area (TPSA) is 91.3 Å². The number of benzene rings is 1. The maximum Gasteiger partial charge on any atom is 0.124 e. The van der Waals surface area contributed by atoms with Crippen LogP contribution in [-0.2, 0) is 0 Å². The van der Waals surface area contributed by atoms with E-state index in [0.29, 0.717) is 29.0 Å². The van der Waals surface area contributed by atoms with E-state index in [2.05, 4.69) is 29.9 Å². The molecule has 0 aliphatic carbocycles. The van der Waals surface area contributed by atoms with Crippen LogP contribution in [-0.4, -0.2) is 34.6 Å². The Bertz CT molecular complexity index is 750. The largest absolute Gasteiger partial charge is 0.507 e. The van der Waals surface area contributed by atoms with Gasteiger partial charge in [-0.25, -0.2) is 0 Å². The first-order valence-corrected chi connectivity index (χ1v) is 8.40. The fourth-order valence-corrected chi connectivity index (χ4v) is 3.35. The van der Waals surface area contributed by atoms with Crippen molar-refractivity contribution in [1.29, 1.82) is 0 Å². The van der Waals surface area contributed by atoms with E-state index >= 15 is 0 Å². The van der Waals surface area contributed by atoms with Crippen LogP contribution >= 0.6 is 0 Å². The smallest absolute Gasteiger partial charge is 0.124 e. The number of phenolic OH excluding ortho intramolecular Hbond substituents is 1. The highest BCUT2D eigenvalue weighted by atomic mass is 16.3. The van der Waals surface area contributed by atoms with E-state index in [4.69, 9.17) is 11.5 Å². The number of hydrogen-bond acceptors (Lipinski definition) is 4. The summed E-state index contributed by atoms with van der Waals surface area (Å²) in [5.74, 6) is 1.25. The van der Waals surface area contributed by atoms with Crippen LogP contribution in [0.15, 0.2) is 30.3 Å². The number of aromatic hydroxyl groups is 1. The zero-order chi connectivity index (χ0) is 17.3. The molecule has 2 heterocycles. The molecule has 1 unspecified atom stereocenters. The number of nitrogen functional groups attached to an aromatic ring is 1. The van der Waals surface area contributed by atoms with Gasteiger partial charge in [-0.2, -0.15) is 0 Å².